The van der Waals surface area contributed by atoms with Crippen LogP contribution < -0.4 is 4.74 Å². The van der Waals surface area contributed by atoms with Crippen molar-refractivity contribution in [3.05, 3.63) is 65.4 Å². The maximum Gasteiger partial charge on any atom is 0.293 e. The van der Waals surface area contributed by atoms with Crippen LogP contribution in [0.4, 0.5) is 9.18 Å². The molecule has 9 heteroatoms. The predicted octanol–water partition coefficient (Wildman–Crippen LogP) is 5.30. The maximum absolute atomic E-state index is 13.3. The second-order valence-corrected chi connectivity index (χ2v) is 9.38. The van der Waals surface area contributed by atoms with Gasteiger partial charge in [-0.05, 0) is 98.4 Å². The summed E-state index contributed by atoms with van der Waals surface area (Å²) < 4.78 is 25.9. The van der Waals surface area contributed by atoms with E-state index in [1.165, 1.54) is 24.1 Å². The third-order valence-electron chi connectivity index (χ3n) is 3.98. The summed E-state index contributed by atoms with van der Waals surface area (Å²) >= 11 is 5.24. The van der Waals surface area contributed by atoms with E-state index in [1.54, 1.807) is 18.2 Å². The Labute approximate surface area is 199 Å². The molecule has 0 spiro atoms. The van der Waals surface area contributed by atoms with Gasteiger partial charge in [0.2, 0.25) is 0 Å². The minimum Gasteiger partial charge on any atom is -0.487 e. The lowest BCUT2D eigenvalue weighted by Gasteiger charge is -2.12. The van der Waals surface area contributed by atoms with Gasteiger partial charge < -0.3 is 9.47 Å². The number of halogens is 3. The second kappa shape index (κ2) is 10.2. The maximum atomic E-state index is 13.3. The largest absolute Gasteiger partial charge is 0.487 e. The van der Waals surface area contributed by atoms with Crippen molar-refractivity contribution in [3.63, 3.8) is 0 Å². The minimum atomic E-state index is -0.312. The average molecular weight is 639 g/mol. The molecule has 0 unspecified atom stereocenters. The Morgan fingerprint density at radius 2 is 1.90 bits per heavy atom. The van der Waals surface area contributed by atoms with Gasteiger partial charge in [0.1, 0.15) is 18.2 Å². The van der Waals surface area contributed by atoms with Crippen molar-refractivity contribution in [2.45, 2.75) is 6.61 Å². The molecule has 3 rings (SSSR count). The number of nitrogens with zero attached hydrogens (tertiary/aromatic N) is 1. The minimum absolute atomic E-state index is 0.237. The highest BCUT2D eigenvalue weighted by Gasteiger charge is 2.34. The first kappa shape index (κ1) is 22.5. The average Bonchev–Trinajstić information content (AvgIpc) is 2.92. The Bertz CT molecular complexity index is 960. The Morgan fingerprint density at radius 1 is 1.17 bits per heavy atom. The number of methoxy groups -OCH3 is 1. The summed E-state index contributed by atoms with van der Waals surface area (Å²) in [5.41, 5.74) is 1.54. The molecular formula is C20H16FI2NO4S. The monoisotopic (exact) mass is 639 g/mol. The quantitative estimate of drug-likeness (QED) is 0.305. The van der Waals surface area contributed by atoms with Crippen molar-refractivity contribution in [3.8, 4) is 5.75 Å². The van der Waals surface area contributed by atoms with E-state index in [2.05, 4.69) is 45.2 Å². The third-order valence-corrected chi connectivity index (χ3v) is 6.49. The van der Waals surface area contributed by atoms with E-state index in [0.717, 1.165) is 30.0 Å². The van der Waals surface area contributed by atoms with Crippen LogP contribution in [-0.4, -0.2) is 36.3 Å². The van der Waals surface area contributed by atoms with E-state index in [-0.39, 0.29) is 30.1 Å². The Hall–Kier alpha value is -1.18. The number of carbonyl (C=O) groups is 2. The molecule has 1 aliphatic heterocycles. The van der Waals surface area contributed by atoms with Gasteiger partial charge in [-0.1, -0.05) is 12.1 Å². The van der Waals surface area contributed by atoms with E-state index in [4.69, 9.17) is 9.47 Å². The molecule has 0 saturated carbocycles. The first-order chi connectivity index (χ1) is 13.9. The fraction of sp³-hybridized carbons (Fsp3) is 0.200. The van der Waals surface area contributed by atoms with Gasteiger partial charge in [0.25, 0.3) is 11.1 Å². The van der Waals surface area contributed by atoms with Gasteiger partial charge in [-0.25, -0.2) is 4.39 Å². The molecule has 5 nitrogen and oxygen atoms in total. The van der Waals surface area contributed by atoms with Crippen molar-refractivity contribution in [2.75, 3.05) is 20.3 Å². The van der Waals surface area contributed by atoms with E-state index in [1.807, 2.05) is 12.1 Å². The van der Waals surface area contributed by atoms with Gasteiger partial charge >= 0.3 is 0 Å². The lowest BCUT2D eigenvalue weighted by molar-refractivity contribution is -0.123. The number of carbonyl (C=O) groups excluding carboxylic acids is 2. The molecule has 1 aliphatic rings. The molecule has 0 N–H and O–H groups in total. The summed E-state index contributed by atoms with van der Waals surface area (Å²) in [4.78, 5) is 26.1. The van der Waals surface area contributed by atoms with Crippen LogP contribution in [-0.2, 0) is 16.1 Å². The summed E-state index contributed by atoms with van der Waals surface area (Å²) in [7, 11) is 1.52. The van der Waals surface area contributed by atoms with Gasteiger partial charge in [-0.15, -0.1) is 0 Å². The van der Waals surface area contributed by atoms with Crippen LogP contribution in [0.5, 0.6) is 5.75 Å². The van der Waals surface area contributed by atoms with Crippen molar-refractivity contribution in [2.24, 2.45) is 0 Å². The van der Waals surface area contributed by atoms with Crippen LogP contribution in [0.3, 0.4) is 0 Å². The number of benzene rings is 2. The summed E-state index contributed by atoms with van der Waals surface area (Å²) in [5, 5.41) is -0.294. The van der Waals surface area contributed by atoms with Crippen LogP contribution >= 0.6 is 56.9 Å². The van der Waals surface area contributed by atoms with Gasteiger partial charge in [0.15, 0.2) is 0 Å². The Kier molecular flexibility index (Phi) is 7.93. The van der Waals surface area contributed by atoms with Gasteiger partial charge in [-0.3, -0.25) is 14.5 Å². The van der Waals surface area contributed by atoms with Crippen LogP contribution in [0.2, 0.25) is 0 Å². The number of ether oxygens (including phenoxy) is 2. The van der Waals surface area contributed by atoms with Crippen molar-refractivity contribution in [1.29, 1.82) is 0 Å². The molecule has 2 aromatic carbocycles. The van der Waals surface area contributed by atoms with Crippen LogP contribution in [0.15, 0.2) is 41.3 Å². The van der Waals surface area contributed by atoms with Crippen molar-refractivity contribution < 1.29 is 23.5 Å². The molecule has 1 heterocycles. The number of hydrogen-bond acceptors (Lipinski definition) is 5. The highest BCUT2D eigenvalue weighted by atomic mass is 127. The van der Waals surface area contributed by atoms with Gasteiger partial charge in [0, 0.05) is 7.11 Å². The molecule has 0 aromatic heterocycles. The molecule has 1 saturated heterocycles. The summed E-state index contributed by atoms with van der Waals surface area (Å²) in [6, 6.07) is 10.0. The van der Waals surface area contributed by atoms with Gasteiger partial charge in [-0.2, -0.15) is 0 Å². The molecule has 152 valence electrons. The van der Waals surface area contributed by atoms with E-state index < -0.39 is 0 Å². The highest BCUT2D eigenvalue weighted by Crippen LogP contribution is 2.35. The highest BCUT2D eigenvalue weighted by molar-refractivity contribution is 14.1. The number of imide groups is 1. The van der Waals surface area contributed by atoms with Crippen molar-refractivity contribution in [1.82, 2.24) is 4.90 Å². The van der Waals surface area contributed by atoms with Crippen LogP contribution in [0.25, 0.3) is 6.08 Å². The normalized spacial score (nSPS) is 15.4. The molecular weight excluding hydrogens is 623 g/mol. The zero-order chi connectivity index (χ0) is 21.0. The molecule has 2 aromatic rings. The molecule has 1 fully saturated rings. The second-order valence-electron chi connectivity index (χ2n) is 6.06. The standard InChI is InChI=1S/C20H16FI2NO4S/c1-27-6-5-24-19(25)17(29-20(24)26)10-13-8-15(22)18(16(23)9-13)28-11-12-3-2-4-14(21)7-12/h2-4,7-10H,5-6,11H2,1H3/b17-10+. The number of hydrogen-bond donors (Lipinski definition) is 0. The van der Waals surface area contributed by atoms with E-state index in [0.29, 0.717) is 17.3 Å². The number of amides is 2. The molecule has 0 radical (unpaired) electrons. The van der Waals surface area contributed by atoms with Gasteiger partial charge in [0.05, 0.1) is 25.2 Å². The molecule has 2 amide bonds. The zero-order valence-corrected chi connectivity index (χ0v) is 20.4. The van der Waals surface area contributed by atoms with E-state index in [9.17, 15) is 14.0 Å². The fourth-order valence-electron chi connectivity index (χ4n) is 2.61. The first-order valence-corrected chi connectivity index (χ1v) is 11.5. The molecule has 0 bridgehead atoms. The summed E-state index contributed by atoms with van der Waals surface area (Å²) in [6.07, 6.45) is 1.71. The first-order valence-electron chi connectivity index (χ1n) is 8.49. The van der Waals surface area contributed by atoms with Crippen LogP contribution in [0.1, 0.15) is 11.1 Å². The molecule has 0 atom stereocenters. The SMILES string of the molecule is COCCN1C(=O)S/C(=C/c2cc(I)c(OCc3cccc(F)c3)c(I)c2)C1=O. The zero-order valence-electron chi connectivity index (χ0n) is 15.3. The number of rotatable bonds is 7. The Morgan fingerprint density at radius 3 is 2.55 bits per heavy atom. The summed E-state index contributed by atoms with van der Waals surface area (Å²) in [6.45, 7) is 0.792. The Balaban J connectivity index is 1.76. The van der Waals surface area contributed by atoms with E-state index >= 15 is 0 Å². The van der Waals surface area contributed by atoms with Crippen molar-refractivity contribution >= 4 is 74.2 Å². The topological polar surface area (TPSA) is 55.8 Å². The lowest BCUT2D eigenvalue weighted by atomic mass is 10.2. The summed E-state index contributed by atoms with van der Waals surface area (Å²) in [5.74, 6) is 0.0830. The third kappa shape index (κ3) is 5.70. The number of thioether (sulfide) groups is 1. The lowest BCUT2D eigenvalue weighted by Crippen LogP contribution is -2.31. The smallest absolute Gasteiger partial charge is 0.293 e. The van der Waals surface area contributed by atoms with Crippen LogP contribution in [0, 0.1) is 13.0 Å². The molecule has 0 aliphatic carbocycles. The molecule has 29 heavy (non-hydrogen) atoms. The fourth-order valence-corrected chi connectivity index (χ4v) is 5.60. The predicted molar refractivity (Wildman–Crippen MR) is 127 cm³/mol.